The van der Waals surface area contributed by atoms with Gasteiger partial charge in [0.2, 0.25) is 0 Å². The predicted octanol–water partition coefficient (Wildman–Crippen LogP) is 7.71. The van der Waals surface area contributed by atoms with Gasteiger partial charge in [-0.1, -0.05) is 48.5 Å². The van der Waals surface area contributed by atoms with Crippen molar-refractivity contribution in [2.45, 2.75) is 50.4 Å². The summed E-state index contributed by atoms with van der Waals surface area (Å²) in [5, 5.41) is 0.952. The summed E-state index contributed by atoms with van der Waals surface area (Å²) >= 11 is 0. The number of carbonyl (C=O) groups excluding carboxylic acids is 1. The van der Waals surface area contributed by atoms with E-state index in [4.69, 9.17) is 4.74 Å². The minimum Gasteiger partial charge on any atom is -0.373 e. The van der Waals surface area contributed by atoms with Gasteiger partial charge < -0.3 is 9.64 Å². The third-order valence-corrected chi connectivity index (χ3v) is 7.29. The molecule has 0 unspecified atom stereocenters. The summed E-state index contributed by atoms with van der Waals surface area (Å²) in [4.78, 5) is 19.3. The Labute approximate surface area is 232 Å². The van der Waals surface area contributed by atoms with Crippen LogP contribution in [0, 0.1) is 0 Å². The molecule has 0 N–H and O–H groups in total. The Balaban J connectivity index is 1.40. The first-order valence-corrected chi connectivity index (χ1v) is 13.1. The molecule has 1 amide bonds. The summed E-state index contributed by atoms with van der Waals surface area (Å²) in [5.74, 6) is -0.874. The van der Waals surface area contributed by atoms with Gasteiger partial charge in [-0.05, 0) is 60.7 Å². The van der Waals surface area contributed by atoms with Gasteiger partial charge in [0.05, 0.1) is 29.4 Å². The molecule has 0 bridgehead atoms. The Morgan fingerprint density at radius 2 is 1.54 bits per heavy atom. The zero-order chi connectivity index (χ0) is 29.2. The van der Waals surface area contributed by atoms with Crippen molar-refractivity contribution >= 4 is 16.8 Å². The number of likely N-dealkylation sites (tertiary alicyclic amines) is 1. The Bertz CT molecular complexity index is 1480. The second-order valence-corrected chi connectivity index (χ2v) is 10.1. The van der Waals surface area contributed by atoms with Gasteiger partial charge in [-0.2, -0.15) is 26.3 Å². The van der Waals surface area contributed by atoms with Gasteiger partial charge in [0.1, 0.15) is 0 Å². The van der Waals surface area contributed by atoms with E-state index in [-0.39, 0.29) is 18.7 Å². The molecule has 2 atom stereocenters. The number of benzene rings is 3. The summed E-state index contributed by atoms with van der Waals surface area (Å²) in [6, 6.07) is 19.3. The quantitative estimate of drug-likeness (QED) is 0.222. The number of ether oxygens (including phenoxy) is 1. The minimum atomic E-state index is -5.04. The molecule has 0 aliphatic carbocycles. The topological polar surface area (TPSA) is 42.4 Å². The maximum Gasteiger partial charge on any atom is 0.416 e. The van der Waals surface area contributed by atoms with E-state index >= 15 is 0 Å². The molecule has 2 heterocycles. The van der Waals surface area contributed by atoms with Crippen LogP contribution < -0.4 is 0 Å². The molecular weight excluding hydrogens is 546 g/mol. The number of amides is 1. The number of fused-ring (bicyclic) bond motifs is 1. The second kappa shape index (κ2) is 11.5. The number of para-hydroxylation sites is 1. The van der Waals surface area contributed by atoms with Crippen LogP contribution in [0.15, 0.2) is 85.1 Å². The Hall–Kier alpha value is -3.92. The maximum atomic E-state index is 13.5. The smallest absolute Gasteiger partial charge is 0.373 e. The molecule has 1 aliphatic rings. The van der Waals surface area contributed by atoms with Crippen molar-refractivity contribution in [3.63, 3.8) is 0 Å². The Morgan fingerprint density at radius 1 is 0.878 bits per heavy atom. The SMILES string of the molecule is O=C(c1cc(C(F)(F)F)cc(C(F)(F)F)c1)N1CC[C@H](OCc2ccnc3ccccc23)C[C@H]1Cc1ccccc1. The predicted molar refractivity (Wildman–Crippen MR) is 141 cm³/mol. The van der Waals surface area contributed by atoms with Gasteiger partial charge in [-0.25, -0.2) is 0 Å². The third-order valence-electron chi connectivity index (χ3n) is 7.29. The van der Waals surface area contributed by atoms with E-state index in [1.54, 1.807) is 6.20 Å². The molecular formula is C31H26F6N2O2. The standard InChI is InChI=1S/C31H26F6N2O2/c32-30(33,34)23-15-22(16-24(17-23)31(35,36)37)29(40)39-13-11-26(18-25(39)14-20-6-2-1-3-7-20)41-19-21-10-12-38-28-9-5-4-8-27(21)28/h1-10,12,15-17,25-26H,11,13-14,18-19H2/t25-,26+/m1/s1. The lowest BCUT2D eigenvalue weighted by Crippen LogP contribution is -2.49. The van der Waals surface area contributed by atoms with Crippen molar-refractivity contribution in [2.24, 2.45) is 0 Å². The summed E-state index contributed by atoms with van der Waals surface area (Å²) in [6.45, 7) is 0.415. The summed E-state index contributed by atoms with van der Waals surface area (Å²) in [5.41, 5.74) is -1.02. The van der Waals surface area contributed by atoms with Crippen LogP contribution >= 0.6 is 0 Å². The highest BCUT2D eigenvalue weighted by Crippen LogP contribution is 2.37. The number of carbonyl (C=O) groups is 1. The first-order chi connectivity index (χ1) is 19.5. The highest BCUT2D eigenvalue weighted by atomic mass is 19.4. The number of rotatable bonds is 6. The molecule has 1 aromatic heterocycles. The van der Waals surface area contributed by atoms with Crippen molar-refractivity contribution in [3.05, 3.63) is 113 Å². The highest BCUT2D eigenvalue weighted by molar-refractivity contribution is 5.95. The average molecular weight is 573 g/mol. The third kappa shape index (κ3) is 6.70. The lowest BCUT2D eigenvalue weighted by molar-refractivity contribution is -0.143. The Morgan fingerprint density at radius 3 is 2.22 bits per heavy atom. The number of piperidine rings is 1. The van der Waals surface area contributed by atoms with Gasteiger partial charge >= 0.3 is 12.4 Å². The fourth-order valence-electron chi connectivity index (χ4n) is 5.25. The number of hydrogen-bond acceptors (Lipinski definition) is 3. The lowest BCUT2D eigenvalue weighted by Gasteiger charge is -2.40. The van der Waals surface area contributed by atoms with Gasteiger partial charge in [0.25, 0.3) is 5.91 Å². The first kappa shape index (κ1) is 28.6. The second-order valence-electron chi connectivity index (χ2n) is 10.1. The van der Waals surface area contributed by atoms with Crippen molar-refractivity contribution in [3.8, 4) is 0 Å². The number of halogens is 6. The molecule has 0 spiro atoms. The van der Waals surface area contributed by atoms with Gasteiger partial charge in [-0.15, -0.1) is 0 Å². The van der Waals surface area contributed by atoms with Crippen LogP contribution in [0.25, 0.3) is 10.9 Å². The average Bonchev–Trinajstić information content (AvgIpc) is 2.95. The molecule has 1 saturated heterocycles. The van der Waals surface area contributed by atoms with E-state index in [0.717, 1.165) is 22.0 Å². The van der Waals surface area contributed by atoms with Crippen LogP contribution in [0.4, 0.5) is 26.3 Å². The lowest BCUT2D eigenvalue weighted by atomic mass is 9.92. The maximum absolute atomic E-state index is 13.5. The zero-order valence-corrected chi connectivity index (χ0v) is 21.8. The highest BCUT2D eigenvalue weighted by Gasteiger charge is 2.39. The fourth-order valence-corrected chi connectivity index (χ4v) is 5.25. The van der Waals surface area contributed by atoms with Crippen molar-refractivity contribution in [1.82, 2.24) is 9.88 Å². The molecule has 5 rings (SSSR count). The molecule has 3 aromatic carbocycles. The van der Waals surface area contributed by atoms with Crippen LogP contribution in [-0.2, 0) is 30.1 Å². The van der Waals surface area contributed by atoms with Gasteiger partial charge in [-0.3, -0.25) is 9.78 Å². The van der Waals surface area contributed by atoms with E-state index in [1.165, 1.54) is 4.90 Å². The van der Waals surface area contributed by atoms with Crippen LogP contribution in [0.5, 0.6) is 0 Å². The van der Waals surface area contributed by atoms with E-state index in [9.17, 15) is 31.1 Å². The molecule has 41 heavy (non-hydrogen) atoms. The van der Waals surface area contributed by atoms with E-state index in [2.05, 4.69) is 4.98 Å². The molecule has 10 heteroatoms. The van der Waals surface area contributed by atoms with Crippen LogP contribution in [0.2, 0.25) is 0 Å². The number of aromatic nitrogens is 1. The summed E-state index contributed by atoms with van der Waals surface area (Å²) < 4.78 is 87.0. The monoisotopic (exact) mass is 572 g/mol. The van der Waals surface area contributed by atoms with E-state index in [1.807, 2.05) is 60.7 Å². The van der Waals surface area contributed by atoms with Gasteiger partial charge in [0, 0.05) is 29.7 Å². The van der Waals surface area contributed by atoms with Crippen LogP contribution in [0.3, 0.4) is 0 Å². The molecule has 0 saturated carbocycles. The fraction of sp³-hybridized carbons (Fsp3) is 0.290. The van der Waals surface area contributed by atoms with Crippen LogP contribution in [0.1, 0.15) is 45.5 Å². The minimum absolute atomic E-state index is 0.0289. The van der Waals surface area contributed by atoms with Crippen LogP contribution in [-0.4, -0.2) is 34.5 Å². The molecule has 1 aliphatic heterocycles. The summed E-state index contributed by atoms with van der Waals surface area (Å²) in [6.07, 6.45) is -7.54. The number of alkyl halides is 6. The van der Waals surface area contributed by atoms with E-state index in [0.29, 0.717) is 38.0 Å². The molecule has 4 aromatic rings. The number of hydrogen-bond donors (Lipinski definition) is 0. The largest absolute Gasteiger partial charge is 0.416 e. The molecule has 0 radical (unpaired) electrons. The molecule has 1 fully saturated rings. The number of pyridine rings is 1. The Kier molecular flexibility index (Phi) is 8.04. The molecule has 214 valence electrons. The zero-order valence-electron chi connectivity index (χ0n) is 21.8. The van der Waals surface area contributed by atoms with E-state index < -0.39 is 41.0 Å². The van der Waals surface area contributed by atoms with Gasteiger partial charge in [0.15, 0.2) is 0 Å². The van der Waals surface area contributed by atoms with Crippen molar-refractivity contribution in [2.75, 3.05) is 6.54 Å². The van der Waals surface area contributed by atoms with Crippen molar-refractivity contribution < 1.29 is 35.9 Å². The summed E-state index contributed by atoms with van der Waals surface area (Å²) in [7, 11) is 0. The number of nitrogens with zero attached hydrogens (tertiary/aromatic N) is 2. The molecule has 4 nitrogen and oxygen atoms in total. The normalized spacial score (nSPS) is 18.0. The van der Waals surface area contributed by atoms with Crippen molar-refractivity contribution in [1.29, 1.82) is 0 Å². The first-order valence-electron chi connectivity index (χ1n) is 13.1.